The number of ether oxygens (including phenoxy) is 1. The molecule has 1 atom stereocenters. The quantitative estimate of drug-likeness (QED) is 0.663. The van der Waals surface area contributed by atoms with Crippen molar-refractivity contribution in [3.63, 3.8) is 0 Å². The van der Waals surface area contributed by atoms with E-state index in [1.165, 1.54) is 63.0 Å². The third kappa shape index (κ3) is 4.93. The maximum atomic E-state index is 5.96. The van der Waals surface area contributed by atoms with E-state index in [-0.39, 0.29) is 0 Å². The number of hydrogen-bond acceptors (Lipinski definition) is 4. The topological polar surface area (TPSA) is 15.7 Å². The molecule has 1 aromatic heterocycles. The third-order valence-electron chi connectivity index (χ3n) is 7.16. The largest absolute Gasteiger partial charge is 0.377 e. The molecule has 0 amide bonds. The van der Waals surface area contributed by atoms with E-state index < -0.39 is 0 Å². The minimum Gasteiger partial charge on any atom is -0.377 e. The van der Waals surface area contributed by atoms with Crippen LogP contribution in [0.2, 0.25) is 0 Å². The van der Waals surface area contributed by atoms with Gasteiger partial charge in [-0.3, -0.25) is 9.80 Å². The van der Waals surface area contributed by atoms with E-state index in [9.17, 15) is 0 Å². The van der Waals surface area contributed by atoms with Gasteiger partial charge in [-0.2, -0.15) is 0 Å². The summed E-state index contributed by atoms with van der Waals surface area (Å²) in [5.41, 5.74) is 3.16. The van der Waals surface area contributed by atoms with Crippen molar-refractivity contribution in [2.24, 2.45) is 5.92 Å². The van der Waals surface area contributed by atoms with Crippen molar-refractivity contribution < 1.29 is 4.74 Å². The average molecular weight is 411 g/mol. The molecule has 3 nitrogen and oxygen atoms in total. The van der Waals surface area contributed by atoms with Gasteiger partial charge in [-0.1, -0.05) is 30.3 Å². The highest BCUT2D eigenvalue weighted by atomic mass is 32.1. The van der Waals surface area contributed by atoms with E-state index in [1.54, 1.807) is 11.1 Å². The zero-order valence-electron chi connectivity index (χ0n) is 17.5. The summed E-state index contributed by atoms with van der Waals surface area (Å²) in [6, 6.07) is 14.3. The average Bonchev–Trinajstić information content (AvgIpc) is 3.50. The van der Waals surface area contributed by atoms with Gasteiger partial charge < -0.3 is 4.74 Å². The zero-order valence-corrected chi connectivity index (χ0v) is 18.3. The van der Waals surface area contributed by atoms with E-state index in [0.717, 1.165) is 31.7 Å². The van der Waals surface area contributed by atoms with Gasteiger partial charge in [0.25, 0.3) is 0 Å². The minimum atomic E-state index is 0.451. The van der Waals surface area contributed by atoms with Crippen molar-refractivity contribution in [2.45, 2.75) is 57.2 Å². The monoisotopic (exact) mass is 410 g/mol. The lowest BCUT2D eigenvalue weighted by atomic mass is 9.94. The van der Waals surface area contributed by atoms with Crippen molar-refractivity contribution in [1.29, 1.82) is 0 Å². The summed E-state index contributed by atoms with van der Waals surface area (Å²) >= 11 is 1.89. The molecule has 2 aromatic rings. The van der Waals surface area contributed by atoms with E-state index in [0.29, 0.717) is 6.10 Å². The molecule has 0 saturated carbocycles. The molecule has 156 valence electrons. The number of piperidine rings is 1. The van der Waals surface area contributed by atoms with Crippen molar-refractivity contribution in [1.82, 2.24) is 9.80 Å². The number of nitrogens with zero attached hydrogens (tertiary/aromatic N) is 2. The zero-order chi connectivity index (χ0) is 19.5. The molecule has 3 heterocycles. The number of fused-ring (bicyclic) bond motifs is 1. The SMILES string of the molecule is c1csc(CN(CC2CCN(C3Cc4ccccc4C3)CC2)C[C@@H]2CCCO2)c1. The second-order valence-corrected chi connectivity index (χ2v) is 10.3. The molecule has 1 aromatic carbocycles. The Labute approximate surface area is 179 Å². The molecule has 5 rings (SSSR count). The predicted molar refractivity (Wildman–Crippen MR) is 121 cm³/mol. The summed E-state index contributed by atoms with van der Waals surface area (Å²) in [5.74, 6) is 0.830. The molecule has 2 aliphatic heterocycles. The smallest absolute Gasteiger partial charge is 0.0702 e. The van der Waals surface area contributed by atoms with Crippen molar-refractivity contribution in [3.8, 4) is 0 Å². The summed E-state index contributed by atoms with van der Waals surface area (Å²) in [6.07, 6.45) is 8.13. The van der Waals surface area contributed by atoms with E-state index >= 15 is 0 Å². The van der Waals surface area contributed by atoms with Crippen LogP contribution < -0.4 is 0 Å². The molecular formula is C25H34N2OS. The van der Waals surface area contributed by atoms with Crippen molar-refractivity contribution in [3.05, 3.63) is 57.8 Å². The third-order valence-corrected chi connectivity index (χ3v) is 8.02. The van der Waals surface area contributed by atoms with Crippen LogP contribution in [0, 0.1) is 5.92 Å². The molecule has 0 radical (unpaired) electrons. The van der Waals surface area contributed by atoms with Crippen LogP contribution in [0.15, 0.2) is 41.8 Å². The van der Waals surface area contributed by atoms with E-state index in [4.69, 9.17) is 4.74 Å². The second-order valence-electron chi connectivity index (χ2n) is 9.22. The lowest BCUT2D eigenvalue weighted by molar-refractivity contribution is 0.0545. The number of rotatable bonds is 7. The molecule has 0 spiro atoms. The highest BCUT2D eigenvalue weighted by Crippen LogP contribution is 2.29. The first-order valence-corrected chi connectivity index (χ1v) is 12.4. The molecular weight excluding hydrogens is 376 g/mol. The molecule has 29 heavy (non-hydrogen) atoms. The first-order valence-electron chi connectivity index (χ1n) is 11.5. The van der Waals surface area contributed by atoms with Crippen LogP contribution in [0.5, 0.6) is 0 Å². The van der Waals surface area contributed by atoms with Gasteiger partial charge >= 0.3 is 0 Å². The van der Waals surface area contributed by atoms with Gasteiger partial charge in [0.05, 0.1) is 6.10 Å². The second kappa shape index (κ2) is 9.30. The van der Waals surface area contributed by atoms with E-state index in [1.807, 2.05) is 11.3 Å². The van der Waals surface area contributed by atoms with Gasteiger partial charge in [-0.15, -0.1) is 11.3 Å². The summed E-state index contributed by atoms with van der Waals surface area (Å²) in [5, 5.41) is 2.21. The Kier molecular flexibility index (Phi) is 6.33. The minimum absolute atomic E-state index is 0.451. The Morgan fingerprint density at radius 2 is 1.76 bits per heavy atom. The Hall–Kier alpha value is -1.20. The Morgan fingerprint density at radius 3 is 2.41 bits per heavy atom. The van der Waals surface area contributed by atoms with Gasteiger partial charge in [0, 0.05) is 37.2 Å². The Morgan fingerprint density at radius 1 is 0.966 bits per heavy atom. The standard InChI is InChI=1S/C25H34N2OS/c1-2-6-22-16-23(15-21(22)5-1)27-11-9-20(10-12-27)17-26(18-24-7-3-13-28-24)19-25-8-4-14-29-25/h1-2,4-6,8,14,20,23-24H,3,7,9-13,15-19H2/t24-/m0/s1. The van der Waals surface area contributed by atoms with Crippen LogP contribution in [-0.4, -0.2) is 54.7 Å². The number of likely N-dealkylation sites (tertiary alicyclic amines) is 1. The normalized spacial score (nSPS) is 23.8. The van der Waals surface area contributed by atoms with Gasteiger partial charge in [0.15, 0.2) is 0 Å². The predicted octanol–water partition coefficient (Wildman–Crippen LogP) is 4.61. The molecule has 2 saturated heterocycles. The summed E-state index contributed by atoms with van der Waals surface area (Å²) < 4.78 is 5.96. The lowest BCUT2D eigenvalue weighted by Gasteiger charge is -2.38. The first-order chi connectivity index (χ1) is 14.3. The van der Waals surface area contributed by atoms with E-state index in [2.05, 4.69) is 51.6 Å². The molecule has 4 heteroatoms. The number of benzene rings is 1. The molecule has 0 bridgehead atoms. The number of hydrogen-bond donors (Lipinski definition) is 0. The van der Waals surface area contributed by atoms with Crippen LogP contribution in [0.25, 0.3) is 0 Å². The Bertz CT molecular complexity index is 738. The summed E-state index contributed by atoms with van der Waals surface area (Å²) in [7, 11) is 0. The van der Waals surface area contributed by atoms with Crippen LogP contribution in [0.1, 0.15) is 41.7 Å². The summed E-state index contributed by atoms with van der Waals surface area (Å²) in [4.78, 5) is 6.96. The van der Waals surface area contributed by atoms with Gasteiger partial charge in [0.1, 0.15) is 0 Å². The van der Waals surface area contributed by atoms with Crippen molar-refractivity contribution in [2.75, 3.05) is 32.8 Å². The molecule has 0 unspecified atom stereocenters. The summed E-state index contributed by atoms with van der Waals surface area (Å²) in [6.45, 7) is 6.94. The fourth-order valence-electron chi connectivity index (χ4n) is 5.56. The number of thiophene rings is 1. The van der Waals surface area contributed by atoms with Gasteiger partial charge in [-0.05, 0) is 80.1 Å². The molecule has 2 fully saturated rings. The highest BCUT2D eigenvalue weighted by molar-refractivity contribution is 7.09. The van der Waals surface area contributed by atoms with Gasteiger partial charge in [0.2, 0.25) is 0 Å². The fourth-order valence-corrected chi connectivity index (χ4v) is 6.31. The molecule has 1 aliphatic carbocycles. The molecule has 3 aliphatic rings. The first kappa shape index (κ1) is 19.7. The van der Waals surface area contributed by atoms with Crippen LogP contribution in [0.4, 0.5) is 0 Å². The lowest BCUT2D eigenvalue weighted by Crippen LogP contribution is -2.44. The fraction of sp³-hybridized carbons (Fsp3) is 0.600. The molecule has 0 N–H and O–H groups in total. The van der Waals surface area contributed by atoms with Crippen LogP contribution in [0.3, 0.4) is 0 Å². The Balaban J connectivity index is 1.14. The van der Waals surface area contributed by atoms with Crippen LogP contribution in [-0.2, 0) is 24.1 Å². The maximum Gasteiger partial charge on any atom is 0.0702 e. The highest BCUT2D eigenvalue weighted by Gasteiger charge is 2.30. The van der Waals surface area contributed by atoms with Crippen molar-refractivity contribution >= 4 is 11.3 Å². The maximum absolute atomic E-state index is 5.96. The van der Waals surface area contributed by atoms with Gasteiger partial charge in [-0.25, -0.2) is 0 Å². The van der Waals surface area contributed by atoms with Crippen LogP contribution >= 0.6 is 11.3 Å².